The second-order valence-electron chi connectivity index (χ2n) is 7.23. The summed E-state index contributed by atoms with van der Waals surface area (Å²) >= 11 is 1.34. The normalized spacial score (nSPS) is 12.4. The van der Waals surface area contributed by atoms with Gasteiger partial charge in [0.25, 0.3) is 11.5 Å². The maximum absolute atomic E-state index is 12.6. The summed E-state index contributed by atoms with van der Waals surface area (Å²) < 4.78 is 11.3. The van der Waals surface area contributed by atoms with Gasteiger partial charge in [0.2, 0.25) is 0 Å². The van der Waals surface area contributed by atoms with E-state index in [0.29, 0.717) is 21.3 Å². The number of carbonyl (C=O) groups excluding carboxylic acids is 3. The first kappa shape index (κ1) is 21.7. The molecular weight excluding hydrogens is 434 g/mol. The highest BCUT2D eigenvalue weighted by atomic mass is 32.1. The Balaban J connectivity index is 1.50. The molecule has 1 N–H and O–H groups in total. The average Bonchev–Trinajstić information content (AvgIpc) is 3.35. The van der Waals surface area contributed by atoms with Gasteiger partial charge < -0.3 is 14.8 Å². The Morgan fingerprint density at radius 1 is 1.12 bits per heavy atom. The molecule has 1 aliphatic carbocycles. The molecule has 4 rings (SSSR count). The number of anilines is 1. The number of thiophene rings is 1. The molecule has 3 aromatic rings. The minimum atomic E-state index is -0.828. The first-order valence-electron chi connectivity index (χ1n) is 10.1. The maximum atomic E-state index is 12.6. The lowest BCUT2D eigenvalue weighted by Crippen LogP contribution is -2.26. The minimum Gasteiger partial charge on any atom is -0.462 e. The smallest absolute Gasteiger partial charge is 0.359 e. The van der Waals surface area contributed by atoms with Crippen molar-refractivity contribution in [2.45, 2.75) is 26.2 Å². The van der Waals surface area contributed by atoms with Crippen molar-refractivity contribution in [3.8, 4) is 0 Å². The summed E-state index contributed by atoms with van der Waals surface area (Å²) in [6.45, 7) is 1.39. The predicted octanol–water partition coefficient (Wildman–Crippen LogP) is 2.46. The highest BCUT2D eigenvalue weighted by Gasteiger charge is 2.28. The van der Waals surface area contributed by atoms with E-state index in [0.717, 1.165) is 34.4 Å². The molecule has 1 amide bonds. The summed E-state index contributed by atoms with van der Waals surface area (Å²) in [5.41, 5.74) is 0.904. The van der Waals surface area contributed by atoms with Crippen LogP contribution in [0.5, 0.6) is 0 Å². The number of hydrogen-bond donors (Lipinski definition) is 1. The predicted molar refractivity (Wildman–Crippen MR) is 118 cm³/mol. The molecule has 2 heterocycles. The molecule has 1 aromatic carbocycles. The Bertz CT molecular complexity index is 1290. The van der Waals surface area contributed by atoms with Crippen molar-refractivity contribution in [1.82, 2.24) is 9.78 Å². The van der Waals surface area contributed by atoms with Gasteiger partial charge in [-0.1, -0.05) is 18.2 Å². The summed E-state index contributed by atoms with van der Waals surface area (Å²) in [6.07, 6.45) is 2.57. The number of aryl methyl sites for hydroxylation is 2. The van der Waals surface area contributed by atoms with Gasteiger partial charge in [0.1, 0.15) is 5.00 Å². The Hall–Kier alpha value is -3.53. The lowest BCUT2D eigenvalue weighted by Gasteiger charge is -2.10. The van der Waals surface area contributed by atoms with Crippen LogP contribution in [0, 0.1) is 0 Å². The maximum Gasteiger partial charge on any atom is 0.359 e. The Morgan fingerprint density at radius 2 is 1.88 bits per heavy atom. The number of nitrogens with one attached hydrogen (secondary N) is 1. The van der Waals surface area contributed by atoms with E-state index < -0.39 is 24.5 Å². The van der Waals surface area contributed by atoms with E-state index in [1.807, 2.05) is 0 Å². The first-order valence-corrected chi connectivity index (χ1v) is 11.0. The van der Waals surface area contributed by atoms with Crippen LogP contribution in [0.25, 0.3) is 10.8 Å². The molecule has 0 fully saturated rings. The quantitative estimate of drug-likeness (QED) is 0.568. The van der Waals surface area contributed by atoms with E-state index in [2.05, 4.69) is 10.4 Å². The third-order valence-electron chi connectivity index (χ3n) is 5.14. The van der Waals surface area contributed by atoms with E-state index in [1.54, 1.807) is 31.2 Å². The lowest BCUT2D eigenvalue weighted by atomic mass is 10.1. The molecule has 0 saturated heterocycles. The van der Waals surface area contributed by atoms with Gasteiger partial charge in [0, 0.05) is 17.3 Å². The summed E-state index contributed by atoms with van der Waals surface area (Å²) in [6, 6.07) is 6.56. The number of fused-ring (bicyclic) bond motifs is 2. The van der Waals surface area contributed by atoms with Crippen LogP contribution >= 0.6 is 11.3 Å². The number of benzene rings is 1. The number of rotatable bonds is 6. The fraction of sp³-hybridized carbons (Fsp3) is 0.318. The van der Waals surface area contributed by atoms with Crippen LogP contribution in [-0.4, -0.2) is 40.8 Å². The fourth-order valence-corrected chi connectivity index (χ4v) is 5.02. The van der Waals surface area contributed by atoms with Gasteiger partial charge in [-0.25, -0.2) is 14.3 Å². The van der Waals surface area contributed by atoms with Crippen LogP contribution in [0.4, 0.5) is 5.00 Å². The molecule has 0 aliphatic heterocycles. The molecule has 0 unspecified atom stereocenters. The highest BCUT2D eigenvalue weighted by Crippen LogP contribution is 2.39. The van der Waals surface area contributed by atoms with Crippen LogP contribution in [0.15, 0.2) is 29.1 Å². The Labute approximate surface area is 186 Å². The summed E-state index contributed by atoms with van der Waals surface area (Å²) in [5, 5.41) is 7.74. The first-order chi connectivity index (χ1) is 15.4. The van der Waals surface area contributed by atoms with Crippen LogP contribution in [0.3, 0.4) is 0 Å². The Morgan fingerprint density at radius 3 is 2.62 bits per heavy atom. The van der Waals surface area contributed by atoms with Crippen molar-refractivity contribution in [2.75, 3.05) is 18.5 Å². The molecule has 10 heteroatoms. The van der Waals surface area contributed by atoms with Crippen molar-refractivity contribution in [3.63, 3.8) is 0 Å². The molecule has 9 nitrogen and oxygen atoms in total. The van der Waals surface area contributed by atoms with Crippen molar-refractivity contribution >= 4 is 45.0 Å². The standard InChI is InChI=1S/C22H21N3O6S/c1-3-30-21(28)17-14-9-6-10-15(14)32-19(17)23-16(26)11-31-22(29)18-12-7-4-5-8-13(12)20(27)25(2)24-18/h4-5,7-8H,3,6,9-11H2,1-2H3,(H,23,26). The van der Waals surface area contributed by atoms with Crippen LogP contribution in [-0.2, 0) is 34.2 Å². The molecule has 166 valence electrons. The Kier molecular flexibility index (Phi) is 6.04. The number of ether oxygens (including phenoxy) is 2. The SMILES string of the molecule is CCOC(=O)c1c(NC(=O)COC(=O)c2nn(C)c(=O)c3ccccc23)sc2c1CCC2. The molecular formula is C22H21N3O6S. The van der Waals surface area contributed by atoms with Crippen molar-refractivity contribution in [2.24, 2.45) is 7.05 Å². The van der Waals surface area contributed by atoms with Crippen molar-refractivity contribution < 1.29 is 23.9 Å². The third kappa shape index (κ3) is 4.01. The molecule has 0 bridgehead atoms. The van der Waals surface area contributed by atoms with Gasteiger partial charge >= 0.3 is 11.9 Å². The number of aromatic nitrogens is 2. The third-order valence-corrected chi connectivity index (χ3v) is 6.35. The van der Waals surface area contributed by atoms with Gasteiger partial charge in [-0.15, -0.1) is 11.3 Å². The molecule has 0 atom stereocenters. The second kappa shape index (κ2) is 8.91. The number of esters is 2. The topological polar surface area (TPSA) is 117 Å². The van der Waals surface area contributed by atoms with Gasteiger partial charge in [-0.05, 0) is 37.8 Å². The van der Waals surface area contributed by atoms with E-state index in [1.165, 1.54) is 18.4 Å². The van der Waals surface area contributed by atoms with E-state index in [4.69, 9.17) is 9.47 Å². The molecule has 0 radical (unpaired) electrons. The minimum absolute atomic E-state index is 0.0576. The number of amides is 1. The summed E-state index contributed by atoms with van der Waals surface area (Å²) in [7, 11) is 1.44. The van der Waals surface area contributed by atoms with Gasteiger partial charge in [0.15, 0.2) is 12.3 Å². The highest BCUT2D eigenvalue weighted by molar-refractivity contribution is 7.17. The molecule has 0 spiro atoms. The second-order valence-corrected chi connectivity index (χ2v) is 8.33. The summed E-state index contributed by atoms with van der Waals surface area (Å²) in [4.78, 5) is 50.8. The number of hydrogen-bond acceptors (Lipinski definition) is 8. The molecule has 2 aromatic heterocycles. The van der Waals surface area contributed by atoms with Crippen molar-refractivity contribution in [1.29, 1.82) is 0 Å². The zero-order valence-corrected chi connectivity index (χ0v) is 18.4. The average molecular weight is 455 g/mol. The van der Waals surface area contributed by atoms with Crippen LogP contribution < -0.4 is 10.9 Å². The lowest BCUT2D eigenvalue weighted by molar-refractivity contribution is -0.119. The zero-order valence-electron chi connectivity index (χ0n) is 17.6. The van der Waals surface area contributed by atoms with E-state index in [-0.39, 0.29) is 17.9 Å². The van der Waals surface area contributed by atoms with Gasteiger partial charge in [-0.3, -0.25) is 9.59 Å². The van der Waals surface area contributed by atoms with Crippen LogP contribution in [0.2, 0.25) is 0 Å². The summed E-state index contributed by atoms with van der Waals surface area (Å²) in [5.74, 6) is -1.88. The largest absolute Gasteiger partial charge is 0.462 e. The fourth-order valence-electron chi connectivity index (χ4n) is 3.72. The van der Waals surface area contributed by atoms with E-state index in [9.17, 15) is 19.2 Å². The van der Waals surface area contributed by atoms with E-state index >= 15 is 0 Å². The van der Waals surface area contributed by atoms with Gasteiger partial charge in [-0.2, -0.15) is 5.10 Å². The molecule has 32 heavy (non-hydrogen) atoms. The zero-order chi connectivity index (χ0) is 22.8. The van der Waals surface area contributed by atoms with Crippen molar-refractivity contribution in [3.05, 3.63) is 56.3 Å². The number of nitrogens with zero attached hydrogens (tertiary/aromatic N) is 2. The van der Waals surface area contributed by atoms with Crippen LogP contribution in [0.1, 0.15) is 44.6 Å². The number of carbonyl (C=O) groups is 3. The molecule has 1 aliphatic rings. The monoisotopic (exact) mass is 455 g/mol. The van der Waals surface area contributed by atoms with Gasteiger partial charge in [0.05, 0.1) is 17.6 Å². The molecule has 0 saturated carbocycles.